The van der Waals surface area contributed by atoms with E-state index in [-0.39, 0.29) is 12.0 Å². The minimum Gasteiger partial charge on any atom is -0.491 e. The van der Waals surface area contributed by atoms with Gasteiger partial charge < -0.3 is 15.2 Å². The molecule has 1 aliphatic rings. The lowest BCUT2D eigenvalue weighted by Gasteiger charge is -2.30. The zero-order chi connectivity index (χ0) is 20.9. The van der Waals surface area contributed by atoms with Crippen molar-refractivity contribution in [3.63, 3.8) is 0 Å². The van der Waals surface area contributed by atoms with E-state index in [0.29, 0.717) is 17.4 Å². The van der Waals surface area contributed by atoms with E-state index in [4.69, 9.17) is 33.7 Å². The molecule has 0 aliphatic heterocycles. The molecule has 0 saturated carbocycles. The van der Waals surface area contributed by atoms with Crippen LogP contribution in [0.5, 0.6) is 5.75 Å². The van der Waals surface area contributed by atoms with Gasteiger partial charge in [-0.2, -0.15) is 0 Å². The highest BCUT2D eigenvalue weighted by atomic mass is 35.5. The number of rotatable bonds is 7. The number of hydrogen-bond donors (Lipinski definition) is 2. The summed E-state index contributed by atoms with van der Waals surface area (Å²) in [5.41, 5.74) is 10.6. The van der Waals surface area contributed by atoms with Crippen LogP contribution in [-0.2, 0) is 0 Å². The van der Waals surface area contributed by atoms with Gasteiger partial charge in [0.25, 0.3) is 0 Å². The minimum absolute atomic E-state index is 0.0385. The van der Waals surface area contributed by atoms with Crippen molar-refractivity contribution >= 4 is 57.9 Å². The molecule has 0 saturated heterocycles. The number of anilines is 1. The van der Waals surface area contributed by atoms with E-state index in [9.17, 15) is 0 Å². The van der Waals surface area contributed by atoms with Crippen LogP contribution in [0.25, 0.3) is 5.57 Å². The Hall–Kier alpha value is -1.70. The van der Waals surface area contributed by atoms with Crippen LogP contribution in [0.1, 0.15) is 18.4 Å². The number of benzene rings is 2. The Balaban J connectivity index is 1.42. The molecule has 1 aromatic heterocycles. The summed E-state index contributed by atoms with van der Waals surface area (Å²) in [6.45, 7) is 0.471. The van der Waals surface area contributed by atoms with Gasteiger partial charge in [-0.05, 0) is 66.3 Å². The molecule has 3 aromatic rings. The summed E-state index contributed by atoms with van der Waals surface area (Å²) in [6, 6.07) is 13.7. The topological polar surface area (TPSA) is 60.2 Å². The Bertz CT molecular complexity index is 1010. The van der Waals surface area contributed by atoms with E-state index < -0.39 is 0 Å². The monoisotopic (exact) mass is 477 g/mol. The maximum absolute atomic E-state index is 6.47. The Kier molecular flexibility index (Phi) is 7.23. The van der Waals surface area contributed by atoms with E-state index >= 15 is 0 Å². The summed E-state index contributed by atoms with van der Waals surface area (Å²) in [4.78, 5) is 5.18. The molecule has 1 aliphatic carbocycles. The van der Waals surface area contributed by atoms with Crippen LogP contribution < -0.4 is 15.2 Å². The maximum atomic E-state index is 6.47. The average molecular weight is 478 g/mol. The molecule has 8 heteroatoms. The molecule has 0 amide bonds. The predicted octanol–water partition coefficient (Wildman–Crippen LogP) is 6.77. The molecule has 30 heavy (non-hydrogen) atoms. The smallest absolute Gasteiger partial charge is 0.147 e. The molecular formula is C22H21Cl2N3OS2. The van der Waals surface area contributed by atoms with Gasteiger partial charge in [-0.25, -0.2) is 4.98 Å². The second kappa shape index (κ2) is 10.1. The van der Waals surface area contributed by atoms with Crippen LogP contribution >= 0.6 is 46.5 Å². The third-order valence-electron chi connectivity index (χ3n) is 4.99. The summed E-state index contributed by atoms with van der Waals surface area (Å²) < 4.78 is 9.30. The Morgan fingerprint density at radius 2 is 2.03 bits per heavy atom. The molecule has 0 radical (unpaired) electrons. The third kappa shape index (κ3) is 5.31. The van der Waals surface area contributed by atoms with E-state index in [0.717, 1.165) is 34.1 Å². The molecule has 3 N–H and O–H groups in total. The van der Waals surface area contributed by atoms with Gasteiger partial charge in [0.2, 0.25) is 0 Å². The Labute approximate surface area is 194 Å². The largest absolute Gasteiger partial charge is 0.491 e. The standard InChI is InChI=1S/C22H21Cl2N3OS2/c23-15-6-4-14(5-7-15)17-2-1-3-20(25)18(17)11-28-21-9-8-16(10-19(21)24)30-27-22-12-29-13-26-22/h2,4-10,12-13,18,20,27H,1,3,11,25H2. The number of hydrogen-bond acceptors (Lipinski definition) is 6. The second-order valence-corrected chi connectivity index (χ2v) is 9.44. The van der Waals surface area contributed by atoms with E-state index in [1.807, 2.05) is 47.8 Å². The lowest BCUT2D eigenvalue weighted by atomic mass is 9.81. The highest BCUT2D eigenvalue weighted by molar-refractivity contribution is 8.00. The SMILES string of the molecule is NC1CCC=C(c2ccc(Cl)cc2)C1COc1ccc(SNc2cscn2)cc1Cl. The lowest BCUT2D eigenvalue weighted by molar-refractivity contribution is 0.253. The van der Waals surface area contributed by atoms with Crippen LogP contribution in [0.4, 0.5) is 5.82 Å². The van der Waals surface area contributed by atoms with Crippen molar-refractivity contribution in [2.75, 3.05) is 11.3 Å². The Morgan fingerprint density at radius 1 is 1.20 bits per heavy atom. The first-order chi connectivity index (χ1) is 14.6. The van der Waals surface area contributed by atoms with Crippen LogP contribution in [0, 0.1) is 5.92 Å². The van der Waals surface area contributed by atoms with Crippen LogP contribution in [0.15, 0.2) is 64.3 Å². The summed E-state index contributed by atoms with van der Waals surface area (Å²) in [5.74, 6) is 1.58. The minimum atomic E-state index is 0.0385. The zero-order valence-corrected chi connectivity index (χ0v) is 19.2. The van der Waals surface area contributed by atoms with E-state index in [1.165, 1.54) is 17.5 Å². The third-order valence-corrected chi connectivity index (χ3v) is 6.92. The first kappa shape index (κ1) is 21.5. The van der Waals surface area contributed by atoms with Gasteiger partial charge >= 0.3 is 0 Å². The van der Waals surface area contributed by atoms with Gasteiger partial charge in [-0.15, -0.1) is 11.3 Å². The van der Waals surface area contributed by atoms with Crippen LogP contribution in [0.3, 0.4) is 0 Å². The van der Waals surface area contributed by atoms with Gasteiger partial charge in [0.1, 0.15) is 11.6 Å². The fourth-order valence-corrected chi connectivity index (χ4v) is 5.05. The van der Waals surface area contributed by atoms with E-state index in [1.54, 1.807) is 16.8 Å². The average Bonchev–Trinajstić information content (AvgIpc) is 3.26. The van der Waals surface area contributed by atoms with Crippen molar-refractivity contribution in [3.05, 3.63) is 75.0 Å². The molecule has 0 spiro atoms. The zero-order valence-electron chi connectivity index (χ0n) is 16.1. The molecule has 0 fully saturated rings. The van der Waals surface area contributed by atoms with Crippen molar-refractivity contribution < 1.29 is 4.74 Å². The highest BCUT2D eigenvalue weighted by Crippen LogP contribution is 2.35. The molecule has 2 aromatic carbocycles. The normalized spacial score (nSPS) is 18.7. The van der Waals surface area contributed by atoms with Gasteiger partial charge in [0, 0.05) is 27.3 Å². The number of aromatic nitrogens is 1. The first-order valence-corrected chi connectivity index (χ1v) is 12.1. The van der Waals surface area contributed by atoms with Gasteiger partial charge in [-0.1, -0.05) is 41.4 Å². The summed E-state index contributed by atoms with van der Waals surface area (Å²) in [7, 11) is 0. The van der Waals surface area contributed by atoms with Crippen molar-refractivity contribution in [3.8, 4) is 5.75 Å². The lowest BCUT2D eigenvalue weighted by Crippen LogP contribution is -2.36. The first-order valence-electron chi connectivity index (χ1n) is 9.55. The van der Waals surface area contributed by atoms with Gasteiger partial charge in [-0.3, -0.25) is 0 Å². The summed E-state index contributed by atoms with van der Waals surface area (Å²) >= 11 is 15.5. The molecule has 2 atom stereocenters. The summed E-state index contributed by atoms with van der Waals surface area (Å²) in [5, 5.41) is 3.24. The van der Waals surface area contributed by atoms with E-state index in [2.05, 4.69) is 15.8 Å². The molecule has 1 heterocycles. The molecule has 2 unspecified atom stereocenters. The number of nitrogens with one attached hydrogen (secondary N) is 1. The highest BCUT2D eigenvalue weighted by Gasteiger charge is 2.27. The van der Waals surface area contributed by atoms with Crippen molar-refractivity contribution in [1.82, 2.24) is 4.98 Å². The van der Waals surface area contributed by atoms with Gasteiger partial charge in [0.15, 0.2) is 0 Å². The predicted molar refractivity (Wildman–Crippen MR) is 129 cm³/mol. The molecule has 4 rings (SSSR count). The number of nitrogens with zero attached hydrogens (tertiary/aromatic N) is 1. The van der Waals surface area contributed by atoms with Crippen molar-refractivity contribution in [2.24, 2.45) is 11.7 Å². The van der Waals surface area contributed by atoms with Crippen LogP contribution in [-0.4, -0.2) is 17.6 Å². The quantitative estimate of drug-likeness (QED) is 0.367. The molecule has 156 valence electrons. The van der Waals surface area contributed by atoms with Crippen molar-refractivity contribution in [2.45, 2.75) is 23.8 Å². The number of nitrogens with two attached hydrogens (primary N) is 1. The molecular weight excluding hydrogens is 457 g/mol. The molecule has 0 bridgehead atoms. The second-order valence-electron chi connectivity index (χ2n) is 7.00. The van der Waals surface area contributed by atoms with Gasteiger partial charge in [0.05, 0.1) is 17.1 Å². The molecule has 4 nitrogen and oxygen atoms in total. The van der Waals surface area contributed by atoms with Crippen LogP contribution in [0.2, 0.25) is 10.0 Å². The number of thiazole rings is 1. The summed E-state index contributed by atoms with van der Waals surface area (Å²) in [6.07, 6.45) is 4.16. The number of allylic oxidation sites excluding steroid dienone is 1. The number of halogens is 2. The Morgan fingerprint density at radius 3 is 2.77 bits per heavy atom. The maximum Gasteiger partial charge on any atom is 0.147 e. The number of ether oxygens (including phenoxy) is 1. The fourth-order valence-electron chi connectivity index (χ4n) is 3.42. The fraction of sp³-hybridized carbons (Fsp3) is 0.227. The van der Waals surface area contributed by atoms with Crippen molar-refractivity contribution in [1.29, 1.82) is 0 Å².